The largest absolute Gasteiger partial charge is 0.481 e. The van der Waals surface area contributed by atoms with Gasteiger partial charge in [-0.2, -0.15) is 18.5 Å². The maximum absolute atomic E-state index is 12.1. The highest BCUT2D eigenvalue weighted by molar-refractivity contribution is 7.92. The lowest BCUT2D eigenvalue weighted by Crippen LogP contribution is -2.18. The second-order valence-electron chi connectivity index (χ2n) is 3.90. The molecule has 0 atom stereocenters. The third-order valence-electron chi connectivity index (χ3n) is 2.37. The molecular formula is C10H11N5O5S. The molecule has 0 aliphatic rings. The van der Waals surface area contributed by atoms with Gasteiger partial charge in [0.05, 0.1) is 13.3 Å². The highest BCUT2D eigenvalue weighted by Crippen LogP contribution is 2.17. The van der Waals surface area contributed by atoms with E-state index in [4.69, 9.17) is 9.84 Å². The van der Waals surface area contributed by atoms with Crippen LogP contribution in [0.2, 0.25) is 0 Å². The molecule has 2 aromatic heterocycles. The number of carboxylic acids is 1. The van der Waals surface area contributed by atoms with Gasteiger partial charge in [-0.25, -0.2) is 14.5 Å². The van der Waals surface area contributed by atoms with Crippen molar-refractivity contribution in [2.45, 2.75) is 11.9 Å². The van der Waals surface area contributed by atoms with Crippen LogP contribution in [0.4, 0.5) is 5.95 Å². The lowest BCUT2D eigenvalue weighted by molar-refractivity contribution is 0.0692. The molecule has 3 N–H and O–H groups in total. The lowest BCUT2D eigenvalue weighted by Gasteiger charge is -2.07. The number of aryl methyl sites for hydroxylation is 1. The molecule has 112 valence electrons. The van der Waals surface area contributed by atoms with Crippen molar-refractivity contribution in [3.8, 4) is 5.88 Å². The van der Waals surface area contributed by atoms with Crippen LogP contribution in [-0.4, -0.2) is 46.8 Å². The van der Waals surface area contributed by atoms with Crippen LogP contribution in [0.25, 0.3) is 0 Å². The molecule has 0 radical (unpaired) electrons. The number of hydrogen-bond acceptors (Lipinski definition) is 7. The molecule has 11 heteroatoms. The van der Waals surface area contributed by atoms with Gasteiger partial charge >= 0.3 is 5.97 Å². The minimum Gasteiger partial charge on any atom is -0.481 e. The molecule has 0 amide bonds. The molecule has 0 aliphatic carbocycles. The van der Waals surface area contributed by atoms with Gasteiger partial charge in [0, 0.05) is 11.8 Å². The average Bonchev–Trinajstić information content (AvgIpc) is 2.87. The molecule has 2 aromatic rings. The minimum atomic E-state index is -4.22. The summed E-state index contributed by atoms with van der Waals surface area (Å²) >= 11 is 0. The molecule has 0 saturated carbocycles. The number of carbonyl (C=O) groups is 1. The van der Waals surface area contributed by atoms with Gasteiger partial charge < -0.3 is 9.84 Å². The van der Waals surface area contributed by atoms with Crippen LogP contribution in [0.3, 0.4) is 0 Å². The molecule has 0 fully saturated rings. The number of nitrogens with one attached hydrogen (secondary N) is 2. The zero-order valence-corrected chi connectivity index (χ0v) is 11.8. The number of anilines is 1. The Labute approximate surface area is 119 Å². The molecule has 0 spiro atoms. The van der Waals surface area contributed by atoms with Crippen molar-refractivity contribution in [2.75, 3.05) is 11.8 Å². The Bertz CT molecular complexity index is 785. The van der Waals surface area contributed by atoms with Gasteiger partial charge in [-0.3, -0.25) is 5.10 Å². The average molecular weight is 313 g/mol. The van der Waals surface area contributed by atoms with Gasteiger partial charge in [0.2, 0.25) is 11.8 Å². The summed E-state index contributed by atoms with van der Waals surface area (Å²) < 4.78 is 31.2. The molecule has 2 heterocycles. The number of carboxylic acid groups (broad SMARTS) is 1. The highest BCUT2D eigenvalue weighted by atomic mass is 32.2. The number of sulfonamides is 1. The van der Waals surface area contributed by atoms with E-state index in [0.717, 1.165) is 6.20 Å². The Balaban J connectivity index is 2.40. The van der Waals surface area contributed by atoms with E-state index in [9.17, 15) is 13.2 Å². The van der Waals surface area contributed by atoms with E-state index < -0.39 is 26.6 Å². The number of aromatic carboxylic acids is 1. The first kappa shape index (κ1) is 14.7. The number of methoxy groups -OCH3 is 1. The maximum Gasteiger partial charge on any atom is 0.340 e. The number of ether oxygens (including phenoxy) is 1. The first-order chi connectivity index (χ1) is 9.83. The summed E-state index contributed by atoms with van der Waals surface area (Å²) in [6.07, 6.45) is 0.897. The first-order valence-electron chi connectivity index (χ1n) is 5.52. The molecule has 0 unspecified atom stereocenters. The van der Waals surface area contributed by atoms with Crippen LogP contribution in [0.5, 0.6) is 5.88 Å². The molecule has 21 heavy (non-hydrogen) atoms. The Kier molecular flexibility index (Phi) is 3.76. The van der Waals surface area contributed by atoms with Crippen molar-refractivity contribution < 1.29 is 23.1 Å². The van der Waals surface area contributed by atoms with E-state index in [1.165, 1.54) is 13.2 Å². The first-order valence-corrected chi connectivity index (χ1v) is 7.01. The molecule has 0 aromatic carbocycles. The maximum atomic E-state index is 12.1. The van der Waals surface area contributed by atoms with E-state index in [2.05, 4.69) is 24.9 Å². The molecule has 10 nitrogen and oxygen atoms in total. The zero-order chi connectivity index (χ0) is 15.6. The monoisotopic (exact) mass is 313 g/mol. The van der Waals surface area contributed by atoms with E-state index in [-0.39, 0.29) is 11.8 Å². The highest BCUT2D eigenvalue weighted by Gasteiger charge is 2.26. The molecule has 2 rings (SSSR count). The van der Waals surface area contributed by atoms with Crippen LogP contribution in [0.1, 0.15) is 16.1 Å². The van der Waals surface area contributed by atoms with Crippen LogP contribution in [0.15, 0.2) is 17.3 Å². The van der Waals surface area contributed by atoms with Crippen molar-refractivity contribution in [2.24, 2.45) is 0 Å². The third-order valence-corrected chi connectivity index (χ3v) is 3.67. The fraction of sp³-hybridized carbons (Fsp3) is 0.200. The number of aromatic nitrogens is 4. The second kappa shape index (κ2) is 5.36. The summed E-state index contributed by atoms with van der Waals surface area (Å²) in [7, 11) is -2.84. The van der Waals surface area contributed by atoms with Crippen LogP contribution >= 0.6 is 0 Å². The molecule has 0 saturated heterocycles. The normalized spacial score (nSPS) is 11.1. The Morgan fingerprint density at radius 1 is 1.43 bits per heavy atom. The molecule has 0 aliphatic heterocycles. The number of rotatable bonds is 5. The number of H-pyrrole nitrogens is 1. The summed E-state index contributed by atoms with van der Waals surface area (Å²) in [5, 5.41) is 13.9. The number of hydrogen-bond donors (Lipinski definition) is 3. The Morgan fingerprint density at radius 2 is 2.14 bits per heavy atom. The van der Waals surface area contributed by atoms with Gasteiger partial charge in [-0.05, 0) is 6.92 Å². The van der Waals surface area contributed by atoms with Gasteiger partial charge in [0.15, 0.2) is 5.03 Å². The van der Waals surface area contributed by atoms with E-state index in [1.54, 1.807) is 6.92 Å². The van der Waals surface area contributed by atoms with E-state index in [1.807, 2.05) is 0 Å². The van der Waals surface area contributed by atoms with E-state index in [0.29, 0.717) is 5.69 Å². The van der Waals surface area contributed by atoms with Crippen molar-refractivity contribution in [3.05, 3.63) is 23.5 Å². The number of nitrogens with zero attached hydrogens (tertiary/aromatic N) is 3. The summed E-state index contributed by atoms with van der Waals surface area (Å²) in [6, 6.07) is 1.51. The quantitative estimate of drug-likeness (QED) is 0.699. The topological polar surface area (TPSA) is 147 Å². The van der Waals surface area contributed by atoms with Crippen molar-refractivity contribution >= 4 is 21.9 Å². The fourth-order valence-electron chi connectivity index (χ4n) is 1.49. The summed E-state index contributed by atoms with van der Waals surface area (Å²) in [5.41, 5.74) is -0.00950. The van der Waals surface area contributed by atoms with Gasteiger partial charge in [-0.1, -0.05) is 0 Å². The van der Waals surface area contributed by atoms with Gasteiger partial charge in [0.1, 0.15) is 5.56 Å². The Hall–Kier alpha value is -2.69. The summed E-state index contributed by atoms with van der Waals surface area (Å²) in [5.74, 6) is -1.49. The minimum absolute atomic E-state index is 0.170. The fourth-order valence-corrected chi connectivity index (χ4v) is 2.53. The van der Waals surface area contributed by atoms with E-state index >= 15 is 0 Å². The smallest absolute Gasteiger partial charge is 0.340 e. The third kappa shape index (κ3) is 3.08. The number of aromatic amines is 1. The SMILES string of the molecule is COc1cc(C)nc(NS(=O)(=O)c2[nH]ncc2C(=O)O)n1. The summed E-state index contributed by atoms with van der Waals surface area (Å²) in [6.45, 7) is 1.63. The lowest BCUT2D eigenvalue weighted by atomic mass is 10.4. The van der Waals surface area contributed by atoms with Crippen LogP contribution < -0.4 is 9.46 Å². The Morgan fingerprint density at radius 3 is 2.76 bits per heavy atom. The van der Waals surface area contributed by atoms with Crippen molar-refractivity contribution in [3.63, 3.8) is 0 Å². The van der Waals surface area contributed by atoms with Crippen molar-refractivity contribution in [1.29, 1.82) is 0 Å². The second-order valence-corrected chi connectivity index (χ2v) is 5.52. The van der Waals surface area contributed by atoms with Gasteiger partial charge in [-0.15, -0.1) is 0 Å². The van der Waals surface area contributed by atoms with Crippen LogP contribution in [0, 0.1) is 6.92 Å². The summed E-state index contributed by atoms with van der Waals surface area (Å²) in [4.78, 5) is 18.6. The molecular weight excluding hydrogens is 302 g/mol. The predicted molar refractivity (Wildman–Crippen MR) is 69.7 cm³/mol. The zero-order valence-electron chi connectivity index (χ0n) is 11.0. The standard InChI is InChI=1S/C10H11N5O5S/c1-5-3-7(20-2)13-10(12-5)15-21(18,19)8-6(9(16)17)4-11-14-8/h3-4H,1-2H3,(H,11,14)(H,16,17)(H,12,13,15). The van der Waals surface area contributed by atoms with Crippen LogP contribution in [-0.2, 0) is 10.0 Å². The predicted octanol–water partition coefficient (Wildman–Crippen LogP) is 0.0157. The van der Waals surface area contributed by atoms with Crippen molar-refractivity contribution in [1.82, 2.24) is 20.2 Å². The van der Waals surface area contributed by atoms with Gasteiger partial charge in [0.25, 0.3) is 10.0 Å². The molecule has 0 bridgehead atoms.